The van der Waals surface area contributed by atoms with Crippen molar-refractivity contribution in [3.05, 3.63) is 35.6 Å². The van der Waals surface area contributed by atoms with Crippen molar-refractivity contribution in [2.45, 2.75) is 24.9 Å². The maximum Gasteiger partial charge on any atom is 0.123 e. The van der Waals surface area contributed by atoms with E-state index in [1.807, 2.05) is 12.1 Å². The summed E-state index contributed by atoms with van der Waals surface area (Å²) in [6.45, 7) is 3.55. The molecule has 1 aliphatic heterocycles. The van der Waals surface area contributed by atoms with E-state index >= 15 is 0 Å². The Hall–Kier alpha value is -0.580. The third-order valence-corrected chi connectivity index (χ3v) is 4.66. The van der Waals surface area contributed by atoms with Crippen molar-refractivity contribution in [3.8, 4) is 0 Å². The summed E-state index contributed by atoms with van der Waals surface area (Å²) in [5.41, 5.74) is 0.587. The van der Waals surface area contributed by atoms with Crippen molar-refractivity contribution in [1.82, 2.24) is 5.32 Å². The number of hydrogen-bond donors (Lipinski definition) is 2. The van der Waals surface area contributed by atoms with Crippen LogP contribution < -0.4 is 5.32 Å². The molecule has 1 aromatic carbocycles. The Kier molecular flexibility index (Phi) is 4.65. The first kappa shape index (κ1) is 13.8. The summed E-state index contributed by atoms with van der Waals surface area (Å²) in [4.78, 5) is 0. The maximum absolute atomic E-state index is 12.8. The second kappa shape index (κ2) is 6.04. The summed E-state index contributed by atoms with van der Waals surface area (Å²) in [5.74, 6) is 2.00. The van der Waals surface area contributed by atoms with E-state index in [1.165, 1.54) is 12.1 Å². The fourth-order valence-corrected chi connectivity index (χ4v) is 3.46. The van der Waals surface area contributed by atoms with E-state index in [2.05, 4.69) is 12.2 Å². The van der Waals surface area contributed by atoms with E-state index in [0.717, 1.165) is 30.0 Å². The van der Waals surface area contributed by atoms with Crippen LogP contribution in [-0.4, -0.2) is 35.3 Å². The first-order chi connectivity index (χ1) is 8.59. The average molecular weight is 269 g/mol. The molecule has 2 atom stereocenters. The summed E-state index contributed by atoms with van der Waals surface area (Å²) >= 11 is 1.81. The predicted molar refractivity (Wildman–Crippen MR) is 74.6 cm³/mol. The predicted octanol–water partition coefficient (Wildman–Crippen LogP) is 2.39. The van der Waals surface area contributed by atoms with E-state index in [1.54, 1.807) is 11.8 Å². The first-order valence-electron chi connectivity index (χ1n) is 6.35. The molecule has 0 aromatic heterocycles. The van der Waals surface area contributed by atoms with E-state index in [0.29, 0.717) is 12.5 Å². The molecule has 0 spiro atoms. The standard InChI is InChI=1S/C14H20FNOS/c1-11(12-2-4-13(15)5-3-12)8-16-9-14(17)6-7-18-10-14/h2-5,11,16-17H,6-10H2,1H3/t11-,14+/m0/s1. The Morgan fingerprint density at radius 3 is 2.78 bits per heavy atom. The van der Waals surface area contributed by atoms with Crippen molar-refractivity contribution < 1.29 is 9.50 Å². The second-order valence-corrected chi connectivity index (χ2v) is 6.22. The molecule has 1 aliphatic rings. The van der Waals surface area contributed by atoms with Crippen molar-refractivity contribution in [2.24, 2.45) is 0 Å². The minimum atomic E-state index is -0.535. The van der Waals surface area contributed by atoms with Gasteiger partial charge in [0.25, 0.3) is 0 Å². The molecule has 0 amide bonds. The number of benzene rings is 1. The van der Waals surface area contributed by atoms with Crippen LogP contribution in [0.4, 0.5) is 4.39 Å². The fraction of sp³-hybridized carbons (Fsp3) is 0.571. The van der Waals surface area contributed by atoms with Gasteiger partial charge in [0, 0.05) is 18.8 Å². The summed E-state index contributed by atoms with van der Waals surface area (Å²) in [6, 6.07) is 6.63. The molecular weight excluding hydrogens is 249 g/mol. The quantitative estimate of drug-likeness (QED) is 0.861. The molecule has 2 N–H and O–H groups in total. The van der Waals surface area contributed by atoms with Crippen molar-refractivity contribution >= 4 is 11.8 Å². The Balaban J connectivity index is 1.77. The smallest absolute Gasteiger partial charge is 0.123 e. The SMILES string of the molecule is C[C@@H](CNC[C@]1(O)CCSC1)c1ccc(F)cc1. The highest BCUT2D eigenvalue weighted by atomic mass is 32.2. The molecule has 1 heterocycles. The van der Waals surface area contributed by atoms with Gasteiger partial charge in [0.05, 0.1) is 5.60 Å². The van der Waals surface area contributed by atoms with Gasteiger partial charge in [-0.2, -0.15) is 11.8 Å². The molecule has 0 bridgehead atoms. The highest BCUT2D eigenvalue weighted by Crippen LogP contribution is 2.27. The number of rotatable bonds is 5. The number of thioether (sulfide) groups is 1. The van der Waals surface area contributed by atoms with Gasteiger partial charge in [-0.1, -0.05) is 19.1 Å². The lowest BCUT2D eigenvalue weighted by Gasteiger charge is -2.23. The van der Waals surface area contributed by atoms with Crippen molar-refractivity contribution in [1.29, 1.82) is 0 Å². The molecular formula is C14H20FNOS. The highest BCUT2D eigenvalue weighted by Gasteiger charge is 2.31. The molecule has 100 valence electrons. The second-order valence-electron chi connectivity index (χ2n) is 5.11. The van der Waals surface area contributed by atoms with Gasteiger partial charge in [0.1, 0.15) is 5.82 Å². The van der Waals surface area contributed by atoms with Crippen LogP contribution in [0.3, 0.4) is 0 Å². The number of halogens is 1. The molecule has 18 heavy (non-hydrogen) atoms. The van der Waals surface area contributed by atoms with Gasteiger partial charge in [0.15, 0.2) is 0 Å². The van der Waals surface area contributed by atoms with Crippen LogP contribution in [0.2, 0.25) is 0 Å². The number of nitrogens with one attached hydrogen (secondary N) is 1. The third kappa shape index (κ3) is 3.70. The lowest BCUT2D eigenvalue weighted by molar-refractivity contribution is 0.0676. The molecule has 0 radical (unpaired) electrons. The minimum Gasteiger partial charge on any atom is -0.388 e. The largest absolute Gasteiger partial charge is 0.388 e. The van der Waals surface area contributed by atoms with E-state index in [9.17, 15) is 9.50 Å². The van der Waals surface area contributed by atoms with Crippen LogP contribution >= 0.6 is 11.8 Å². The topological polar surface area (TPSA) is 32.3 Å². The molecule has 2 nitrogen and oxygen atoms in total. The summed E-state index contributed by atoms with van der Waals surface area (Å²) < 4.78 is 12.8. The zero-order valence-corrected chi connectivity index (χ0v) is 11.5. The van der Waals surface area contributed by atoms with Gasteiger partial charge in [-0.15, -0.1) is 0 Å². The van der Waals surface area contributed by atoms with Crippen molar-refractivity contribution in [2.75, 3.05) is 24.6 Å². The molecule has 1 aromatic rings. The van der Waals surface area contributed by atoms with Gasteiger partial charge in [-0.05, 0) is 35.8 Å². The van der Waals surface area contributed by atoms with Crippen molar-refractivity contribution in [3.63, 3.8) is 0 Å². The van der Waals surface area contributed by atoms with Crippen LogP contribution in [0, 0.1) is 5.82 Å². The Labute approximate surface area is 112 Å². The molecule has 0 aliphatic carbocycles. The third-order valence-electron chi connectivity index (χ3n) is 3.43. The Morgan fingerprint density at radius 2 is 2.17 bits per heavy atom. The van der Waals surface area contributed by atoms with E-state index in [4.69, 9.17) is 0 Å². The zero-order chi connectivity index (χ0) is 13.0. The van der Waals surface area contributed by atoms with Crippen LogP contribution in [0.5, 0.6) is 0 Å². The monoisotopic (exact) mass is 269 g/mol. The van der Waals surface area contributed by atoms with Crippen LogP contribution in [0.1, 0.15) is 24.8 Å². The molecule has 2 rings (SSSR count). The Bertz CT molecular complexity index is 376. The first-order valence-corrected chi connectivity index (χ1v) is 7.51. The molecule has 4 heteroatoms. The number of hydrogen-bond acceptors (Lipinski definition) is 3. The zero-order valence-electron chi connectivity index (χ0n) is 10.7. The van der Waals surface area contributed by atoms with Gasteiger partial charge in [0.2, 0.25) is 0 Å². The lowest BCUT2D eigenvalue weighted by atomic mass is 10.00. The van der Waals surface area contributed by atoms with Gasteiger partial charge in [-0.25, -0.2) is 4.39 Å². The maximum atomic E-state index is 12.8. The fourth-order valence-electron chi connectivity index (χ4n) is 2.17. The number of aliphatic hydroxyl groups is 1. The average Bonchev–Trinajstić information content (AvgIpc) is 2.77. The normalized spacial score (nSPS) is 25.3. The molecule has 1 fully saturated rings. The highest BCUT2D eigenvalue weighted by molar-refractivity contribution is 7.99. The van der Waals surface area contributed by atoms with Crippen LogP contribution in [-0.2, 0) is 0 Å². The van der Waals surface area contributed by atoms with Gasteiger partial charge >= 0.3 is 0 Å². The lowest BCUT2D eigenvalue weighted by Crippen LogP contribution is -2.41. The van der Waals surface area contributed by atoms with E-state index < -0.39 is 5.60 Å². The summed E-state index contributed by atoms with van der Waals surface area (Å²) in [5, 5.41) is 13.5. The molecule has 0 unspecified atom stereocenters. The summed E-state index contributed by atoms with van der Waals surface area (Å²) in [7, 11) is 0. The molecule has 1 saturated heterocycles. The van der Waals surface area contributed by atoms with Crippen LogP contribution in [0.25, 0.3) is 0 Å². The molecule has 0 saturated carbocycles. The Morgan fingerprint density at radius 1 is 1.44 bits per heavy atom. The summed E-state index contributed by atoms with van der Waals surface area (Å²) in [6.07, 6.45) is 0.871. The van der Waals surface area contributed by atoms with Crippen LogP contribution in [0.15, 0.2) is 24.3 Å². The van der Waals surface area contributed by atoms with Gasteiger partial charge < -0.3 is 10.4 Å². The van der Waals surface area contributed by atoms with Gasteiger partial charge in [-0.3, -0.25) is 0 Å². The minimum absolute atomic E-state index is 0.198. The van der Waals surface area contributed by atoms with E-state index in [-0.39, 0.29) is 5.82 Å².